The van der Waals surface area contributed by atoms with E-state index in [0.29, 0.717) is 11.3 Å². The van der Waals surface area contributed by atoms with Crippen molar-refractivity contribution in [2.75, 3.05) is 14.2 Å². The van der Waals surface area contributed by atoms with Gasteiger partial charge in [0.1, 0.15) is 16.4 Å². The number of nitrogens with zero attached hydrogens (tertiary/aromatic N) is 3. The molecule has 0 spiro atoms. The number of ether oxygens (including phenoxy) is 2. The van der Waals surface area contributed by atoms with Crippen LogP contribution in [-0.2, 0) is 22.6 Å². The number of hydrogen-bond donors (Lipinski definition) is 0. The van der Waals surface area contributed by atoms with E-state index in [1.54, 1.807) is 41.5 Å². The van der Waals surface area contributed by atoms with Crippen molar-refractivity contribution in [1.29, 1.82) is 0 Å². The summed E-state index contributed by atoms with van der Waals surface area (Å²) in [7, 11) is 1.09. The molecule has 0 N–H and O–H groups in total. The maximum atomic E-state index is 12.9. The third-order valence-electron chi connectivity index (χ3n) is 3.90. The number of aromatic nitrogens is 3. The zero-order valence-corrected chi connectivity index (χ0v) is 15.5. The van der Waals surface area contributed by atoms with Gasteiger partial charge in [-0.15, -0.1) is 0 Å². The third kappa shape index (κ3) is 3.70. The van der Waals surface area contributed by atoms with Gasteiger partial charge in [-0.25, -0.2) is 8.42 Å². The molecule has 0 unspecified atom stereocenters. The van der Waals surface area contributed by atoms with Gasteiger partial charge in [0, 0.05) is 42.8 Å². The summed E-state index contributed by atoms with van der Waals surface area (Å²) >= 11 is 0. The molecule has 0 saturated heterocycles. The molecule has 0 aliphatic carbocycles. The van der Waals surface area contributed by atoms with E-state index < -0.39 is 9.84 Å². The minimum Gasteiger partial charge on any atom is -0.497 e. The molecule has 0 radical (unpaired) electrons. The van der Waals surface area contributed by atoms with Crippen molar-refractivity contribution in [1.82, 2.24) is 14.8 Å². The van der Waals surface area contributed by atoms with Crippen molar-refractivity contribution < 1.29 is 17.9 Å². The van der Waals surface area contributed by atoms with Crippen LogP contribution in [0.1, 0.15) is 5.56 Å². The van der Waals surface area contributed by atoms with E-state index in [2.05, 4.69) is 10.1 Å². The van der Waals surface area contributed by atoms with Crippen LogP contribution in [0.2, 0.25) is 0 Å². The van der Waals surface area contributed by atoms with Crippen LogP contribution in [0.4, 0.5) is 0 Å². The minimum atomic E-state index is -3.65. The third-order valence-corrected chi connectivity index (χ3v) is 5.60. The fraction of sp³-hybridized carbons (Fsp3) is 0.222. The number of pyridine rings is 1. The van der Waals surface area contributed by atoms with Gasteiger partial charge in [-0.1, -0.05) is 0 Å². The molecule has 7 nitrogen and oxygen atoms in total. The van der Waals surface area contributed by atoms with E-state index in [-0.39, 0.29) is 16.4 Å². The quantitative estimate of drug-likeness (QED) is 0.660. The highest BCUT2D eigenvalue weighted by Gasteiger charge is 2.22. The van der Waals surface area contributed by atoms with Gasteiger partial charge >= 0.3 is 0 Å². The Hall–Kier alpha value is -2.87. The Morgan fingerprint density at radius 1 is 1.04 bits per heavy atom. The normalized spacial score (nSPS) is 11.3. The van der Waals surface area contributed by atoms with Crippen molar-refractivity contribution in [2.24, 2.45) is 7.05 Å². The molecule has 0 bridgehead atoms. The first-order valence-electron chi connectivity index (χ1n) is 7.80. The molecule has 0 aliphatic heterocycles. The van der Waals surface area contributed by atoms with Crippen LogP contribution in [0, 0.1) is 0 Å². The number of hydrogen-bond acceptors (Lipinski definition) is 6. The lowest BCUT2D eigenvalue weighted by Gasteiger charge is -2.11. The summed E-state index contributed by atoms with van der Waals surface area (Å²) < 4.78 is 37.9. The molecule has 3 rings (SSSR count). The molecule has 0 fully saturated rings. The smallest absolute Gasteiger partial charge is 0.186 e. The largest absolute Gasteiger partial charge is 0.497 e. The molecule has 2 heterocycles. The Morgan fingerprint density at radius 3 is 2.50 bits per heavy atom. The molecule has 3 aromatic rings. The fourth-order valence-corrected chi connectivity index (χ4v) is 4.12. The Kier molecular flexibility index (Phi) is 4.94. The maximum absolute atomic E-state index is 12.9. The van der Waals surface area contributed by atoms with Crippen molar-refractivity contribution in [2.45, 2.75) is 10.6 Å². The highest BCUT2D eigenvalue weighted by atomic mass is 32.2. The summed E-state index contributed by atoms with van der Waals surface area (Å²) in [6.45, 7) is 0. The van der Waals surface area contributed by atoms with Crippen LogP contribution in [0.3, 0.4) is 0 Å². The van der Waals surface area contributed by atoms with E-state index in [1.807, 2.05) is 13.2 Å². The summed E-state index contributed by atoms with van der Waals surface area (Å²) in [4.78, 5) is 4.26. The summed E-state index contributed by atoms with van der Waals surface area (Å²) in [5.74, 6) is 0.534. The van der Waals surface area contributed by atoms with Crippen molar-refractivity contribution in [3.8, 4) is 22.6 Å². The van der Waals surface area contributed by atoms with Crippen LogP contribution in [-0.4, -0.2) is 37.4 Å². The average molecular weight is 373 g/mol. The predicted octanol–water partition coefficient (Wildman–Crippen LogP) is 2.47. The van der Waals surface area contributed by atoms with Crippen molar-refractivity contribution in [3.63, 3.8) is 0 Å². The Labute approximate surface area is 152 Å². The topological polar surface area (TPSA) is 83.3 Å². The second-order valence-electron chi connectivity index (χ2n) is 5.76. The first-order chi connectivity index (χ1) is 12.4. The second-order valence-corrected chi connectivity index (χ2v) is 7.72. The first kappa shape index (κ1) is 17.9. The van der Waals surface area contributed by atoms with Gasteiger partial charge in [0.2, 0.25) is 0 Å². The molecular formula is C18H19N3O4S. The number of methoxy groups -OCH3 is 2. The summed E-state index contributed by atoms with van der Waals surface area (Å²) in [5.41, 5.74) is 2.26. The Balaban J connectivity index is 1.95. The fourth-order valence-electron chi connectivity index (χ4n) is 2.62. The molecule has 136 valence electrons. The predicted molar refractivity (Wildman–Crippen MR) is 96.9 cm³/mol. The van der Waals surface area contributed by atoms with Gasteiger partial charge in [-0.3, -0.25) is 9.67 Å². The van der Waals surface area contributed by atoms with Crippen LogP contribution < -0.4 is 9.47 Å². The SMILES string of the molecule is COc1ccc(OC)c(S(=O)(=O)Cc2cncc(-c3cnn(C)c3)c2)c1. The molecule has 0 saturated carbocycles. The zero-order valence-electron chi connectivity index (χ0n) is 14.7. The van der Waals surface area contributed by atoms with E-state index >= 15 is 0 Å². The maximum Gasteiger partial charge on any atom is 0.186 e. The molecule has 0 amide bonds. The second kappa shape index (κ2) is 7.17. The summed E-state index contributed by atoms with van der Waals surface area (Å²) in [6.07, 6.45) is 6.78. The van der Waals surface area contributed by atoms with Gasteiger partial charge in [-0.2, -0.15) is 5.10 Å². The molecule has 0 aliphatic rings. The standard InChI is InChI=1S/C18H19N3O4S/c1-21-11-15(10-20-21)14-6-13(8-19-9-14)12-26(22,23)18-7-16(24-2)4-5-17(18)25-3/h4-11H,12H2,1-3H3. The molecule has 2 aromatic heterocycles. The minimum absolute atomic E-state index is 0.0890. The molecule has 26 heavy (non-hydrogen) atoms. The lowest BCUT2D eigenvalue weighted by atomic mass is 10.1. The van der Waals surface area contributed by atoms with Gasteiger partial charge in [0.15, 0.2) is 9.84 Å². The highest BCUT2D eigenvalue weighted by Crippen LogP contribution is 2.31. The Morgan fingerprint density at radius 2 is 1.85 bits per heavy atom. The summed E-state index contributed by atoms with van der Waals surface area (Å²) in [5, 5.41) is 4.13. The lowest BCUT2D eigenvalue weighted by molar-refractivity contribution is 0.392. The number of sulfone groups is 1. The van der Waals surface area contributed by atoms with E-state index in [9.17, 15) is 8.42 Å². The first-order valence-corrected chi connectivity index (χ1v) is 9.46. The van der Waals surface area contributed by atoms with Crippen LogP contribution in [0.15, 0.2) is 53.9 Å². The number of benzene rings is 1. The molecule has 0 atom stereocenters. The average Bonchev–Trinajstić information content (AvgIpc) is 3.07. The van der Waals surface area contributed by atoms with Gasteiger partial charge in [0.05, 0.1) is 26.2 Å². The van der Waals surface area contributed by atoms with Gasteiger partial charge in [-0.05, 0) is 23.8 Å². The molecule has 8 heteroatoms. The molecule has 1 aromatic carbocycles. The van der Waals surface area contributed by atoms with Crippen LogP contribution >= 0.6 is 0 Å². The van der Waals surface area contributed by atoms with Gasteiger partial charge < -0.3 is 9.47 Å². The van der Waals surface area contributed by atoms with Crippen molar-refractivity contribution >= 4 is 9.84 Å². The van der Waals surface area contributed by atoms with E-state index in [0.717, 1.165) is 11.1 Å². The monoisotopic (exact) mass is 373 g/mol. The van der Waals surface area contributed by atoms with Crippen LogP contribution in [0.25, 0.3) is 11.1 Å². The number of rotatable bonds is 6. The Bertz CT molecular complexity index is 1030. The highest BCUT2D eigenvalue weighted by molar-refractivity contribution is 7.90. The number of aryl methyl sites for hydroxylation is 1. The lowest BCUT2D eigenvalue weighted by Crippen LogP contribution is -2.07. The van der Waals surface area contributed by atoms with E-state index in [1.165, 1.54) is 20.3 Å². The molecular weight excluding hydrogens is 354 g/mol. The zero-order chi connectivity index (χ0) is 18.7. The van der Waals surface area contributed by atoms with E-state index in [4.69, 9.17) is 9.47 Å². The van der Waals surface area contributed by atoms with Crippen LogP contribution in [0.5, 0.6) is 11.5 Å². The van der Waals surface area contributed by atoms with Gasteiger partial charge in [0.25, 0.3) is 0 Å². The summed E-state index contributed by atoms with van der Waals surface area (Å²) in [6, 6.07) is 6.50. The van der Waals surface area contributed by atoms with Crippen molar-refractivity contribution in [3.05, 3.63) is 54.6 Å².